The van der Waals surface area contributed by atoms with Crippen molar-refractivity contribution in [1.82, 2.24) is 0 Å². The number of rotatable bonds is 5. The van der Waals surface area contributed by atoms with E-state index in [0.717, 1.165) is 24.0 Å². The van der Waals surface area contributed by atoms with Gasteiger partial charge in [-0.2, -0.15) is 0 Å². The van der Waals surface area contributed by atoms with Gasteiger partial charge >= 0.3 is 0 Å². The molecule has 1 aliphatic rings. The molecule has 0 spiro atoms. The molecule has 5 heteroatoms. The molecule has 2 aromatic carbocycles. The lowest BCUT2D eigenvalue weighted by Crippen LogP contribution is -2.29. The molecule has 0 saturated carbocycles. The maximum Gasteiger partial charge on any atom is 0.300 e. The average molecular weight is 401 g/mol. The third-order valence-corrected chi connectivity index (χ3v) is 5.52. The van der Waals surface area contributed by atoms with Crippen molar-refractivity contribution in [3.8, 4) is 0 Å². The Bertz CT molecular complexity index is 1090. The largest absolute Gasteiger partial charge is 0.507 e. The summed E-state index contributed by atoms with van der Waals surface area (Å²) >= 11 is 0. The van der Waals surface area contributed by atoms with Crippen molar-refractivity contribution in [2.45, 2.75) is 32.7 Å². The molecule has 1 amide bonds. The van der Waals surface area contributed by atoms with Crippen LogP contribution in [0.2, 0.25) is 0 Å². The lowest BCUT2D eigenvalue weighted by molar-refractivity contribution is -0.132. The highest BCUT2D eigenvalue weighted by Gasteiger charge is 2.48. The summed E-state index contributed by atoms with van der Waals surface area (Å²) in [4.78, 5) is 27.4. The Labute approximate surface area is 175 Å². The van der Waals surface area contributed by atoms with E-state index >= 15 is 0 Å². The highest BCUT2D eigenvalue weighted by atomic mass is 16.3. The van der Waals surface area contributed by atoms with Crippen LogP contribution in [0.3, 0.4) is 0 Å². The van der Waals surface area contributed by atoms with E-state index in [2.05, 4.69) is 0 Å². The highest BCUT2D eigenvalue weighted by Crippen LogP contribution is 2.42. The minimum Gasteiger partial charge on any atom is -0.507 e. The van der Waals surface area contributed by atoms with Crippen molar-refractivity contribution < 1.29 is 19.1 Å². The fourth-order valence-electron chi connectivity index (χ4n) is 3.76. The second kappa shape index (κ2) is 8.03. The molecule has 1 aliphatic heterocycles. The molecule has 1 unspecified atom stereocenters. The summed E-state index contributed by atoms with van der Waals surface area (Å²) in [5.41, 5.74) is 3.34. The molecule has 2 heterocycles. The number of Topliss-reactive ketones (excluding diaryl/α,β-unsaturated/α-hetero) is 1. The van der Waals surface area contributed by atoms with Crippen molar-refractivity contribution in [2.24, 2.45) is 0 Å². The van der Waals surface area contributed by atoms with E-state index in [4.69, 9.17) is 4.42 Å². The fourth-order valence-corrected chi connectivity index (χ4v) is 3.76. The number of aliphatic hydroxyl groups excluding tert-OH is 1. The molecular weight excluding hydrogens is 378 g/mol. The van der Waals surface area contributed by atoms with Crippen LogP contribution in [-0.2, 0) is 22.4 Å². The zero-order valence-electron chi connectivity index (χ0n) is 17.0. The zero-order chi connectivity index (χ0) is 21.3. The first kappa shape index (κ1) is 19.7. The Kier molecular flexibility index (Phi) is 5.27. The monoisotopic (exact) mass is 401 g/mol. The van der Waals surface area contributed by atoms with Gasteiger partial charge in [0.05, 0.1) is 11.8 Å². The molecule has 1 saturated heterocycles. The van der Waals surface area contributed by atoms with E-state index < -0.39 is 17.7 Å². The first-order valence-corrected chi connectivity index (χ1v) is 10.1. The van der Waals surface area contributed by atoms with Crippen molar-refractivity contribution in [3.05, 3.63) is 95.0 Å². The number of furan rings is 1. The van der Waals surface area contributed by atoms with Gasteiger partial charge in [0, 0.05) is 11.3 Å². The summed E-state index contributed by atoms with van der Waals surface area (Å²) in [6, 6.07) is 17.4. The highest BCUT2D eigenvalue weighted by molar-refractivity contribution is 6.51. The van der Waals surface area contributed by atoms with Gasteiger partial charge < -0.3 is 9.52 Å². The minimum absolute atomic E-state index is 0.0266. The number of hydrogen-bond acceptors (Lipinski definition) is 4. The van der Waals surface area contributed by atoms with Gasteiger partial charge in [-0.3, -0.25) is 14.5 Å². The standard InChI is InChI=1S/C25H23NO4/c1-3-16-7-11-18(12-8-16)23(27)21-22(20-6-5-15-30-20)26(25(29)24(21)28)19-13-9-17(4-2)10-14-19/h5-15,22,27H,3-4H2,1-2H3/b23-21-. The Hall–Kier alpha value is -3.60. The zero-order valence-corrected chi connectivity index (χ0v) is 17.0. The summed E-state index contributed by atoms with van der Waals surface area (Å²) in [7, 11) is 0. The number of ketones is 1. The number of carbonyl (C=O) groups excluding carboxylic acids is 2. The Morgan fingerprint density at radius 1 is 0.933 bits per heavy atom. The molecule has 4 rings (SSSR count). The third kappa shape index (κ3) is 3.32. The predicted octanol–water partition coefficient (Wildman–Crippen LogP) is 5.03. The molecule has 5 nitrogen and oxygen atoms in total. The molecule has 1 N–H and O–H groups in total. The Morgan fingerprint density at radius 3 is 2.07 bits per heavy atom. The second-order valence-electron chi connectivity index (χ2n) is 7.25. The maximum atomic E-state index is 13.0. The van der Waals surface area contributed by atoms with Crippen LogP contribution < -0.4 is 4.90 Å². The number of carbonyl (C=O) groups is 2. The molecule has 0 bridgehead atoms. The first-order valence-electron chi connectivity index (χ1n) is 10.1. The molecule has 1 atom stereocenters. The summed E-state index contributed by atoms with van der Waals surface area (Å²) in [5, 5.41) is 11.0. The van der Waals surface area contributed by atoms with E-state index in [-0.39, 0.29) is 11.3 Å². The van der Waals surface area contributed by atoms with Crippen LogP contribution in [0.4, 0.5) is 5.69 Å². The third-order valence-electron chi connectivity index (χ3n) is 5.52. The van der Waals surface area contributed by atoms with Gasteiger partial charge in [0.25, 0.3) is 11.7 Å². The Morgan fingerprint density at radius 2 is 1.53 bits per heavy atom. The normalized spacial score (nSPS) is 18.2. The molecule has 1 aromatic heterocycles. The number of benzene rings is 2. The number of aryl methyl sites for hydroxylation is 2. The van der Waals surface area contributed by atoms with Gasteiger partial charge in [-0.1, -0.05) is 50.2 Å². The Balaban J connectivity index is 1.86. The number of nitrogens with zero attached hydrogens (tertiary/aromatic N) is 1. The van der Waals surface area contributed by atoms with Crippen molar-refractivity contribution >= 4 is 23.1 Å². The summed E-state index contributed by atoms with van der Waals surface area (Å²) < 4.78 is 5.57. The van der Waals surface area contributed by atoms with Gasteiger partial charge in [0.2, 0.25) is 0 Å². The lowest BCUT2D eigenvalue weighted by atomic mass is 9.98. The topological polar surface area (TPSA) is 70.8 Å². The van der Waals surface area contributed by atoms with E-state index in [9.17, 15) is 14.7 Å². The molecule has 30 heavy (non-hydrogen) atoms. The number of anilines is 1. The average Bonchev–Trinajstić information content (AvgIpc) is 3.40. The predicted molar refractivity (Wildman–Crippen MR) is 115 cm³/mol. The smallest absolute Gasteiger partial charge is 0.300 e. The van der Waals surface area contributed by atoms with E-state index in [0.29, 0.717) is 17.0 Å². The van der Waals surface area contributed by atoms with Crippen molar-refractivity contribution in [2.75, 3.05) is 4.90 Å². The van der Waals surface area contributed by atoms with Crippen LogP contribution in [0.5, 0.6) is 0 Å². The van der Waals surface area contributed by atoms with Gasteiger partial charge in [-0.05, 0) is 48.2 Å². The van der Waals surface area contributed by atoms with Crippen LogP contribution in [-0.4, -0.2) is 16.8 Å². The van der Waals surface area contributed by atoms with Gasteiger partial charge in [0.15, 0.2) is 0 Å². The van der Waals surface area contributed by atoms with Crippen LogP contribution in [0.1, 0.15) is 42.3 Å². The summed E-state index contributed by atoms with van der Waals surface area (Å²) in [6.07, 6.45) is 3.23. The summed E-state index contributed by atoms with van der Waals surface area (Å²) in [6.45, 7) is 4.09. The van der Waals surface area contributed by atoms with Crippen molar-refractivity contribution in [3.63, 3.8) is 0 Å². The lowest BCUT2D eigenvalue weighted by Gasteiger charge is -2.23. The number of hydrogen-bond donors (Lipinski definition) is 1. The molecule has 0 radical (unpaired) electrons. The number of amides is 1. The molecule has 1 fully saturated rings. The maximum absolute atomic E-state index is 13.0. The van der Waals surface area contributed by atoms with Crippen LogP contribution in [0.25, 0.3) is 5.76 Å². The quantitative estimate of drug-likeness (QED) is 0.370. The van der Waals surface area contributed by atoms with Gasteiger partial charge in [-0.25, -0.2) is 0 Å². The van der Waals surface area contributed by atoms with Gasteiger partial charge in [-0.15, -0.1) is 0 Å². The van der Waals surface area contributed by atoms with Gasteiger partial charge in [0.1, 0.15) is 17.6 Å². The van der Waals surface area contributed by atoms with E-state index in [1.165, 1.54) is 11.2 Å². The van der Waals surface area contributed by atoms with E-state index in [1.54, 1.807) is 24.3 Å². The van der Waals surface area contributed by atoms with Crippen LogP contribution in [0, 0.1) is 0 Å². The van der Waals surface area contributed by atoms with Crippen molar-refractivity contribution in [1.29, 1.82) is 0 Å². The number of aliphatic hydroxyl groups is 1. The summed E-state index contributed by atoms with van der Waals surface area (Å²) in [5.74, 6) is -1.20. The molecule has 0 aliphatic carbocycles. The molecule has 3 aromatic rings. The second-order valence-corrected chi connectivity index (χ2v) is 7.25. The van der Waals surface area contributed by atoms with Crippen LogP contribution in [0.15, 0.2) is 76.9 Å². The first-order chi connectivity index (χ1) is 14.5. The van der Waals surface area contributed by atoms with Crippen LogP contribution >= 0.6 is 0 Å². The van der Waals surface area contributed by atoms with E-state index in [1.807, 2.05) is 50.2 Å². The molecule has 152 valence electrons. The molecular formula is C25H23NO4. The fraction of sp³-hybridized carbons (Fsp3) is 0.200. The minimum atomic E-state index is -0.835. The SMILES string of the molecule is CCc1ccc(/C(O)=C2/C(=O)C(=O)N(c3ccc(CC)cc3)C2c2ccco2)cc1.